The zero-order chi connectivity index (χ0) is 33.4. The summed E-state index contributed by atoms with van der Waals surface area (Å²) in [5, 5.41) is 3.28. The van der Waals surface area contributed by atoms with E-state index in [1.165, 1.54) is 4.31 Å². The molecule has 0 bridgehead atoms. The Labute approximate surface area is 269 Å². The number of pyridine rings is 1. The molecule has 0 spiro atoms. The molecule has 8 N–H and O–H groups in total. The van der Waals surface area contributed by atoms with Gasteiger partial charge in [-0.2, -0.15) is 4.31 Å². The smallest absolute Gasteiger partial charge is 0.330 e. The maximum absolute atomic E-state index is 13.0. The fourth-order valence-electron chi connectivity index (χ4n) is 5.02. The number of ether oxygens (including phenoxy) is 1. The van der Waals surface area contributed by atoms with Crippen LogP contribution in [0.1, 0.15) is 78.0 Å². The molecule has 14 nitrogen and oxygen atoms in total. The number of carbonyl (C=O) groups is 3. The van der Waals surface area contributed by atoms with Crippen LogP contribution in [0.3, 0.4) is 0 Å². The van der Waals surface area contributed by atoms with Crippen LogP contribution < -0.4 is 22.5 Å². The number of aryl methyl sites for hydroxylation is 1. The summed E-state index contributed by atoms with van der Waals surface area (Å²) in [5.74, 6) is -1.28. The van der Waals surface area contributed by atoms with E-state index >= 15 is 0 Å². The fraction of sp³-hybridized carbons (Fsp3) is 0.452. The van der Waals surface area contributed by atoms with Gasteiger partial charge in [-0.3, -0.25) is 19.1 Å². The van der Waals surface area contributed by atoms with Crippen LogP contribution in [-0.2, 0) is 32.1 Å². The average Bonchev–Trinajstić information content (AvgIpc) is 3.80. The highest BCUT2D eigenvalue weighted by Gasteiger charge is 2.31. The normalized spacial score (nSPS) is 14.2. The third kappa shape index (κ3) is 9.19. The van der Waals surface area contributed by atoms with Crippen molar-refractivity contribution in [3.05, 3.63) is 52.7 Å². The molecule has 0 aliphatic heterocycles. The Kier molecular flexibility index (Phi) is 12.0. The van der Waals surface area contributed by atoms with Gasteiger partial charge in [0, 0.05) is 32.1 Å². The van der Waals surface area contributed by atoms with Gasteiger partial charge >= 0.3 is 11.9 Å². The topological polar surface area (TPSA) is 229 Å². The molecule has 3 aromatic rings. The Balaban J connectivity index is 1.42. The van der Waals surface area contributed by atoms with Crippen LogP contribution in [0, 0.1) is 6.92 Å². The molecule has 0 saturated heterocycles. The molecule has 1 aliphatic carbocycles. The number of rotatable bonds is 16. The maximum atomic E-state index is 13.0. The molecule has 2 atom stereocenters. The molecule has 0 radical (unpaired) electrons. The minimum absolute atomic E-state index is 0.0540. The summed E-state index contributed by atoms with van der Waals surface area (Å²) in [6, 6.07) is 8.57. The van der Waals surface area contributed by atoms with Gasteiger partial charge in [0.25, 0.3) is 5.91 Å². The van der Waals surface area contributed by atoms with Gasteiger partial charge in [0.05, 0.1) is 23.2 Å². The molecular formula is C31H41N7O7S. The lowest BCUT2D eigenvalue weighted by molar-refractivity contribution is -0.160. The number of fused-ring (bicyclic) bond motifs is 1. The summed E-state index contributed by atoms with van der Waals surface area (Å²) in [6.07, 6.45) is 3.22. The Morgan fingerprint density at radius 2 is 1.91 bits per heavy atom. The lowest BCUT2D eigenvalue weighted by Crippen LogP contribution is -2.34. The number of carbonyl (C=O) groups excluding carboxylic acids is 3. The van der Waals surface area contributed by atoms with E-state index in [1.54, 1.807) is 7.05 Å². The molecular weight excluding hydrogens is 614 g/mol. The number of aromatic nitrogens is 1. The van der Waals surface area contributed by atoms with Crippen LogP contribution >= 0.6 is 0 Å². The number of unbranched alkanes of at least 4 members (excludes halogenated alkanes) is 1. The van der Waals surface area contributed by atoms with Gasteiger partial charge in [-0.25, -0.2) is 14.0 Å². The standard InChI is InChI=1S/C31H41N7O7S/c1-18-8-10-20(11-9-18)27-26(28(40)35-2)22-16-21(19-12-13-19)24(37-29(22)45-27)17-38(46(42)43)15-4-3-7-25(39)44-30(41)23(32)6-5-14-36-31(33)34/h8-11,16,19,23H,3-7,12-15,17,32H2,1-2H3,(H,35,40)(H,42,43)(H4,33,34,36)/t23-/m0/s1. The highest BCUT2D eigenvalue weighted by molar-refractivity contribution is 7.76. The zero-order valence-corrected chi connectivity index (χ0v) is 26.8. The van der Waals surface area contributed by atoms with Crippen LogP contribution in [0.25, 0.3) is 22.4 Å². The lowest BCUT2D eigenvalue weighted by atomic mass is 10.0. The number of hydrogen-bond acceptors (Lipinski definition) is 9. The van der Waals surface area contributed by atoms with Crippen molar-refractivity contribution in [3.8, 4) is 11.3 Å². The summed E-state index contributed by atoms with van der Waals surface area (Å²) in [5.41, 5.74) is 20.2. The Morgan fingerprint density at radius 3 is 2.54 bits per heavy atom. The first-order valence-electron chi connectivity index (χ1n) is 15.1. The number of nitrogens with one attached hydrogen (secondary N) is 1. The van der Waals surface area contributed by atoms with Gasteiger partial charge in [-0.1, -0.05) is 29.8 Å². The number of benzene rings is 1. The largest absolute Gasteiger partial charge is 0.437 e. The molecule has 46 heavy (non-hydrogen) atoms. The quantitative estimate of drug-likeness (QED) is 0.0376. The Bertz CT molecular complexity index is 1620. The van der Waals surface area contributed by atoms with Crippen LogP contribution in [-0.4, -0.2) is 68.0 Å². The van der Waals surface area contributed by atoms with Gasteiger partial charge < -0.3 is 31.7 Å². The summed E-state index contributed by atoms with van der Waals surface area (Å²) >= 11 is -2.33. The van der Waals surface area contributed by atoms with E-state index in [2.05, 4.69) is 10.3 Å². The molecule has 1 amide bonds. The first kappa shape index (κ1) is 34.7. The van der Waals surface area contributed by atoms with Gasteiger partial charge in [0.1, 0.15) is 11.8 Å². The van der Waals surface area contributed by atoms with Gasteiger partial charge in [-0.15, -0.1) is 0 Å². The highest BCUT2D eigenvalue weighted by atomic mass is 32.2. The number of guanidine groups is 1. The highest BCUT2D eigenvalue weighted by Crippen LogP contribution is 2.44. The summed E-state index contributed by atoms with van der Waals surface area (Å²) in [6.45, 7) is 2.51. The van der Waals surface area contributed by atoms with Crippen LogP contribution in [0.5, 0.6) is 0 Å². The SMILES string of the molecule is CNC(=O)c1c(-c2ccc(C)cc2)oc2nc(CN(CCCCC(=O)OC(=O)[C@@H](N)CCCN=C(N)N)S(=O)O)c(C3CC3)cc12. The lowest BCUT2D eigenvalue weighted by Gasteiger charge is -2.19. The van der Waals surface area contributed by atoms with E-state index in [0.717, 1.165) is 29.5 Å². The third-order valence-corrected chi connectivity index (χ3v) is 8.40. The van der Waals surface area contributed by atoms with Crippen molar-refractivity contribution in [2.45, 2.75) is 70.4 Å². The van der Waals surface area contributed by atoms with E-state index in [0.29, 0.717) is 48.2 Å². The van der Waals surface area contributed by atoms with Crippen molar-refractivity contribution < 1.29 is 32.3 Å². The second-order valence-electron chi connectivity index (χ2n) is 11.3. The van der Waals surface area contributed by atoms with E-state index in [4.69, 9.17) is 31.3 Å². The fourth-order valence-corrected chi connectivity index (χ4v) is 5.54. The number of furan rings is 1. The van der Waals surface area contributed by atoms with Crippen molar-refractivity contribution in [3.63, 3.8) is 0 Å². The van der Waals surface area contributed by atoms with Crippen molar-refractivity contribution in [1.29, 1.82) is 0 Å². The average molecular weight is 656 g/mol. The molecule has 1 aromatic carbocycles. The van der Waals surface area contributed by atoms with Gasteiger partial charge in [-0.05, 0) is 63.0 Å². The van der Waals surface area contributed by atoms with E-state index in [-0.39, 0.29) is 49.4 Å². The maximum Gasteiger partial charge on any atom is 0.330 e. The van der Waals surface area contributed by atoms with Crippen molar-refractivity contribution in [2.75, 3.05) is 20.1 Å². The number of aliphatic imine (C=N–C) groups is 1. The van der Waals surface area contributed by atoms with Crippen LogP contribution in [0.2, 0.25) is 0 Å². The van der Waals surface area contributed by atoms with Gasteiger partial charge in [0.15, 0.2) is 5.96 Å². The molecule has 4 rings (SSSR count). The molecule has 2 heterocycles. The summed E-state index contributed by atoms with van der Waals surface area (Å²) < 4.78 is 34.8. The van der Waals surface area contributed by atoms with E-state index < -0.39 is 29.2 Å². The van der Waals surface area contributed by atoms with Crippen molar-refractivity contribution in [2.24, 2.45) is 22.2 Å². The second-order valence-corrected chi connectivity index (χ2v) is 12.3. The second kappa shape index (κ2) is 15.9. The van der Waals surface area contributed by atoms with E-state index in [9.17, 15) is 23.1 Å². The molecule has 15 heteroatoms. The molecule has 1 aliphatic rings. The predicted molar refractivity (Wildman–Crippen MR) is 174 cm³/mol. The molecule has 1 fully saturated rings. The number of hydrogen-bond donors (Lipinski definition) is 5. The predicted octanol–water partition coefficient (Wildman–Crippen LogP) is 2.60. The van der Waals surface area contributed by atoms with Crippen molar-refractivity contribution in [1.82, 2.24) is 14.6 Å². The summed E-state index contributed by atoms with van der Waals surface area (Å²) in [4.78, 5) is 45.9. The molecule has 2 aromatic heterocycles. The summed E-state index contributed by atoms with van der Waals surface area (Å²) in [7, 11) is 1.56. The Hall–Kier alpha value is -4.18. The number of amides is 1. The zero-order valence-electron chi connectivity index (χ0n) is 26.0. The van der Waals surface area contributed by atoms with Crippen molar-refractivity contribution >= 4 is 46.2 Å². The first-order chi connectivity index (χ1) is 22.0. The number of nitrogens with zero attached hydrogens (tertiary/aromatic N) is 3. The third-order valence-electron chi connectivity index (χ3n) is 7.65. The molecule has 248 valence electrons. The molecule has 1 unspecified atom stereocenters. The number of esters is 2. The van der Waals surface area contributed by atoms with Crippen LogP contribution in [0.4, 0.5) is 0 Å². The number of nitrogens with two attached hydrogens (primary N) is 3. The molecule has 1 saturated carbocycles. The van der Waals surface area contributed by atoms with Gasteiger partial charge in [0.2, 0.25) is 17.0 Å². The minimum Gasteiger partial charge on any atom is -0.437 e. The monoisotopic (exact) mass is 655 g/mol. The Morgan fingerprint density at radius 1 is 1.20 bits per heavy atom. The van der Waals surface area contributed by atoms with E-state index in [1.807, 2.05) is 37.3 Å². The minimum atomic E-state index is -2.33. The van der Waals surface area contributed by atoms with Crippen LogP contribution in [0.15, 0.2) is 39.7 Å². The first-order valence-corrected chi connectivity index (χ1v) is 16.2.